The molecule has 0 aromatic carbocycles. The summed E-state index contributed by atoms with van der Waals surface area (Å²) in [5, 5.41) is 2.39. The van der Waals surface area contributed by atoms with Crippen LogP contribution in [0.5, 0.6) is 0 Å². The van der Waals surface area contributed by atoms with Crippen molar-refractivity contribution in [1.82, 2.24) is 5.32 Å². The van der Waals surface area contributed by atoms with E-state index in [4.69, 9.17) is 11.2 Å². The number of hydrogen-bond donors (Lipinski definition) is 1. The van der Waals surface area contributed by atoms with Crippen LogP contribution in [0.15, 0.2) is 0 Å². The molecule has 0 spiro atoms. The number of hydrogen-bond acceptors (Lipinski definition) is 2. The zero-order valence-electron chi connectivity index (χ0n) is 9.22. The maximum atomic E-state index is 11.0. The van der Waals surface area contributed by atoms with Crippen LogP contribution in [0.3, 0.4) is 0 Å². The fraction of sp³-hybridized carbons (Fsp3) is 0.727. The molecule has 0 saturated heterocycles. The van der Waals surface area contributed by atoms with Gasteiger partial charge in [0, 0.05) is 7.05 Å². The van der Waals surface area contributed by atoms with Gasteiger partial charge >= 0.3 is 6.09 Å². The van der Waals surface area contributed by atoms with Gasteiger partial charge in [-0.1, -0.05) is 25.7 Å². The molecular formula is C11H19NO2. The summed E-state index contributed by atoms with van der Waals surface area (Å²) in [7, 11) is 1.52. The molecule has 1 unspecified atom stereocenters. The lowest BCUT2D eigenvalue weighted by molar-refractivity contribution is 0.0601. The van der Waals surface area contributed by atoms with E-state index < -0.39 is 11.7 Å². The number of carbonyl (C=O) groups is 1. The van der Waals surface area contributed by atoms with Gasteiger partial charge in [-0.2, -0.15) is 0 Å². The molecule has 80 valence electrons. The third-order valence-corrected chi connectivity index (χ3v) is 2.08. The minimum atomic E-state index is -0.769. The first-order chi connectivity index (χ1) is 6.58. The molecule has 0 aliphatic carbocycles. The van der Waals surface area contributed by atoms with E-state index in [1.54, 1.807) is 6.92 Å². The van der Waals surface area contributed by atoms with Crippen LogP contribution in [0.2, 0.25) is 0 Å². The predicted octanol–water partition coefficient (Wildman–Crippen LogP) is 2.31. The van der Waals surface area contributed by atoms with Crippen molar-refractivity contribution in [2.45, 2.75) is 45.1 Å². The van der Waals surface area contributed by atoms with Crippen LogP contribution in [0.4, 0.5) is 4.79 Å². The summed E-state index contributed by atoms with van der Waals surface area (Å²) < 4.78 is 5.10. The summed E-state index contributed by atoms with van der Waals surface area (Å²) in [6.07, 6.45) is 8.79. The number of ether oxygens (including phenoxy) is 1. The molecule has 0 aliphatic rings. The molecule has 0 aliphatic heterocycles. The number of terminal acetylenes is 1. The number of alkyl carbamates (subject to hydrolysis) is 1. The molecule has 0 rings (SSSR count). The summed E-state index contributed by atoms with van der Waals surface area (Å²) in [5.41, 5.74) is -0.769. The molecule has 1 amide bonds. The fourth-order valence-corrected chi connectivity index (χ4v) is 1.12. The summed E-state index contributed by atoms with van der Waals surface area (Å²) in [4.78, 5) is 11.0. The Morgan fingerprint density at radius 1 is 1.57 bits per heavy atom. The van der Waals surface area contributed by atoms with Gasteiger partial charge in [0.2, 0.25) is 0 Å². The van der Waals surface area contributed by atoms with Crippen LogP contribution in [0.25, 0.3) is 0 Å². The number of rotatable bonds is 5. The molecule has 0 fully saturated rings. The first-order valence-electron chi connectivity index (χ1n) is 4.96. The maximum absolute atomic E-state index is 11.0. The highest BCUT2D eigenvalue weighted by atomic mass is 16.6. The van der Waals surface area contributed by atoms with E-state index in [9.17, 15) is 4.79 Å². The number of carbonyl (C=O) groups excluding carboxylic acids is 1. The van der Waals surface area contributed by atoms with Gasteiger partial charge in [0.05, 0.1) is 0 Å². The van der Waals surface area contributed by atoms with Gasteiger partial charge in [-0.05, 0) is 19.8 Å². The average Bonchev–Trinajstić information content (AvgIpc) is 2.18. The highest BCUT2D eigenvalue weighted by Crippen LogP contribution is 2.18. The van der Waals surface area contributed by atoms with Crippen molar-refractivity contribution in [1.29, 1.82) is 0 Å². The van der Waals surface area contributed by atoms with Crippen molar-refractivity contribution in [2.24, 2.45) is 0 Å². The predicted molar refractivity (Wildman–Crippen MR) is 56.9 cm³/mol. The standard InChI is InChI=1S/C11H19NO2/c1-5-7-8-9-11(3,6-2)14-10(13)12-4/h2H,5,7-9H2,1,3-4H3,(H,12,13). The van der Waals surface area contributed by atoms with Crippen LogP contribution in [0.1, 0.15) is 39.5 Å². The van der Waals surface area contributed by atoms with Crippen LogP contribution in [0, 0.1) is 12.3 Å². The molecule has 14 heavy (non-hydrogen) atoms. The Balaban J connectivity index is 4.06. The average molecular weight is 197 g/mol. The Labute approximate surface area is 86.2 Å². The highest BCUT2D eigenvalue weighted by molar-refractivity contribution is 5.67. The smallest absolute Gasteiger partial charge is 0.408 e. The molecule has 3 heteroatoms. The van der Waals surface area contributed by atoms with E-state index in [2.05, 4.69) is 18.2 Å². The van der Waals surface area contributed by atoms with Crippen molar-refractivity contribution in [3.8, 4) is 12.3 Å². The highest BCUT2D eigenvalue weighted by Gasteiger charge is 2.24. The number of nitrogens with one attached hydrogen (secondary N) is 1. The summed E-state index contributed by atoms with van der Waals surface area (Å²) in [6, 6.07) is 0. The Hall–Kier alpha value is -1.17. The minimum absolute atomic E-state index is 0.470. The Morgan fingerprint density at radius 3 is 2.64 bits per heavy atom. The lowest BCUT2D eigenvalue weighted by atomic mass is 9.99. The Bertz CT molecular complexity index is 220. The molecule has 0 heterocycles. The molecule has 1 N–H and O–H groups in total. The first kappa shape index (κ1) is 12.8. The van der Waals surface area contributed by atoms with Gasteiger partial charge in [0.15, 0.2) is 5.60 Å². The summed E-state index contributed by atoms with van der Waals surface area (Å²) in [6.45, 7) is 3.88. The van der Waals surface area contributed by atoms with Gasteiger partial charge in [0.25, 0.3) is 0 Å². The first-order valence-corrected chi connectivity index (χ1v) is 4.96. The van der Waals surface area contributed by atoms with Gasteiger partial charge < -0.3 is 10.1 Å². The summed E-state index contributed by atoms with van der Waals surface area (Å²) in [5.74, 6) is 2.52. The lowest BCUT2D eigenvalue weighted by Gasteiger charge is -2.23. The maximum Gasteiger partial charge on any atom is 0.408 e. The zero-order chi connectivity index (χ0) is 11.0. The molecule has 3 nitrogen and oxygen atoms in total. The SMILES string of the molecule is C#CC(C)(CCCCC)OC(=O)NC. The molecule has 0 bridgehead atoms. The van der Waals surface area contributed by atoms with Crippen molar-refractivity contribution in [2.75, 3.05) is 7.05 Å². The monoisotopic (exact) mass is 197 g/mol. The lowest BCUT2D eigenvalue weighted by Crippen LogP contribution is -2.34. The topological polar surface area (TPSA) is 38.3 Å². The third kappa shape index (κ3) is 4.76. The quantitative estimate of drug-likeness (QED) is 0.542. The van der Waals surface area contributed by atoms with Gasteiger partial charge in [0.1, 0.15) is 0 Å². The van der Waals surface area contributed by atoms with E-state index >= 15 is 0 Å². The van der Waals surface area contributed by atoms with E-state index in [1.165, 1.54) is 7.05 Å². The van der Waals surface area contributed by atoms with Crippen LogP contribution in [-0.4, -0.2) is 18.7 Å². The second-order valence-corrected chi connectivity index (χ2v) is 3.47. The minimum Gasteiger partial charge on any atom is -0.430 e. The van der Waals surface area contributed by atoms with Crippen molar-refractivity contribution < 1.29 is 9.53 Å². The van der Waals surface area contributed by atoms with Crippen LogP contribution < -0.4 is 5.32 Å². The van der Waals surface area contributed by atoms with Crippen LogP contribution in [-0.2, 0) is 4.74 Å². The molecular weight excluding hydrogens is 178 g/mol. The number of amides is 1. The van der Waals surface area contributed by atoms with Crippen molar-refractivity contribution >= 4 is 6.09 Å². The number of unbranched alkanes of at least 4 members (excludes halogenated alkanes) is 2. The Morgan fingerprint density at radius 2 is 2.21 bits per heavy atom. The second kappa shape index (κ2) is 6.31. The second-order valence-electron chi connectivity index (χ2n) is 3.47. The van der Waals surface area contributed by atoms with Gasteiger partial charge in [-0.3, -0.25) is 0 Å². The van der Waals surface area contributed by atoms with Crippen molar-refractivity contribution in [3.63, 3.8) is 0 Å². The van der Waals surface area contributed by atoms with Gasteiger partial charge in [-0.15, -0.1) is 6.42 Å². The third-order valence-electron chi connectivity index (χ3n) is 2.08. The molecule has 1 atom stereocenters. The molecule has 0 aromatic heterocycles. The van der Waals surface area contributed by atoms with E-state index in [1.807, 2.05) is 0 Å². The van der Waals surface area contributed by atoms with Crippen LogP contribution >= 0.6 is 0 Å². The molecule has 0 radical (unpaired) electrons. The largest absolute Gasteiger partial charge is 0.430 e. The molecule has 0 aromatic rings. The van der Waals surface area contributed by atoms with Gasteiger partial charge in [-0.25, -0.2) is 4.79 Å². The zero-order valence-corrected chi connectivity index (χ0v) is 9.22. The van der Waals surface area contributed by atoms with Crippen molar-refractivity contribution in [3.05, 3.63) is 0 Å². The Kier molecular flexibility index (Phi) is 5.78. The van der Waals surface area contributed by atoms with E-state index in [0.717, 1.165) is 19.3 Å². The fourth-order valence-electron chi connectivity index (χ4n) is 1.12. The summed E-state index contributed by atoms with van der Waals surface area (Å²) >= 11 is 0. The normalized spacial score (nSPS) is 13.9. The van der Waals surface area contributed by atoms with E-state index in [0.29, 0.717) is 6.42 Å². The van der Waals surface area contributed by atoms with E-state index in [-0.39, 0.29) is 0 Å². The molecule has 0 saturated carbocycles.